The van der Waals surface area contributed by atoms with Crippen molar-refractivity contribution in [1.29, 1.82) is 0 Å². The number of pyridine rings is 1. The van der Waals surface area contributed by atoms with E-state index >= 15 is 0 Å². The zero-order chi connectivity index (χ0) is 26.7. The summed E-state index contributed by atoms with van der Waals surface area (Å²) in [6.07, 6.45) is -0.768. The average Bonchev–Trinajstić information content (AvgIpc) is 3.52. The van der Waals surface area contributed by atoms with Crippen LogP contribution in [0.4, 0.5) is 19.0 Å². The first-order valence-electron chi connectivity index (χ1n) is 12.2. The largest absolute Gasteiger partial charge is 0.573 e. The van der Waals surface area contributed by atoms with Crippen molar-refractivity contribution >= 4 is 5.82 Å². The van der Waals surface area contributed by atoms with Crippen molar-refractivity contribution in [2.75, 3.05) is 31.7 Å². The Hall–Kier alpha value is -3.93. The molecule has 3 aromatic heterocycles. The van der Waals surface area contributed by atoms with Crippen molar-refractivity contribution in [1.82, 2.24) is 24.9 Å². The molecule has 0 amide bonds. The second-order valence-electron chi connectivity index (χ2n) is 9.23. The maximum absolute atomic E-state index is 12.4. The molecule has 0 N–H and O–H groups in total. The predicted octanol–water partition coefficient (Wildman–Crippen LogP) is 5.11. The first kappa shape index (κ1) is 25.7. The van der Waals surface area contributed by atoms with Crippen molar-refractivity contribution < 1.29 is 27.2 Å². The molecule has 4 aromatic rings. The fourth-order valence-corrected chi connectivity index (χ4v) is 4.49. The van der Waals surface area contributed by atoms with Gasteiger partial charge >= 0.3 is 6.36 Å². The minimum atomic E-state index is -4.75. The lowest BCUT2D eigenvalue weighted by Crippen LogP contribution is -2.35. The van der Waals surface area contributed by atoms with Crippen LogP contribution in [0.3, 0.4) is 0 Å². The van der Waals surface area contributed by atoms with Gasteiger partial charge in [-0.25, -0.2) is 4.98 Å². The fraction of sp³-hybridized carbons (Fsp3) is 0.385. The van der Waals surface area contributed by atoms with Gasteiger partial charge in [0.2, 0.25) is 5.82 Å². The van der Waals surface area contributed by atoms with E-state index in [-0.39, 0.29) is 17.5 Å². The summed E-state index contributed by atoms with van der Waals surface area (Å²) in [4.78, 5) is 11.2. The van der Waals surface area contributed by atoms with E-state index < -0.39 is 6.36 Å². The highest BCUT2D eigenvalue weighted by Gasteiger charge is 2.31. The number of aryl methyl sites for hydroxylation is 1. The van der Waals surface area contributed by atoms with E-state index in [1.54, 1.807) is 7.11 Å². The van der Waals surface area contributed by atoms with Gasteiger partial charge in [0.25, 0.3) is 5.89 Å². The number of methoxy groups -OCH3 is 1. The van der Waals surface area contributed by atoms with Gasteiger partial charge in [-0.3, -0.25) is 4.68 Å². The molecular weight excluding hydrogens is 501 g/mol. The van der Waals surface area contributed by atoms with E-state index in [1.807, 2.05) is 29.9 Å². The SMILES string of the molecule is COCC1CCN(c2cc(Cn3nc(-c4nc(-c5ccc(OC(F)(F)F)cc5)no4)cc3C)ccn2)CC1. The molecule has 38 heavy (non-hydrogen) atoms. The van der Waals surface area contributed by atoms with Gasteiger partial charge in [0.1, 0.15) is 11.6 Å². The van der Waals surface area contributed by atoms with E-state index in [4.69, 9.17) is 9.26 Å². The van der Waals surface area contributed by atoms with Gasteiger partial charge in [0.15, 0.2) is 5.69 Å². The minimum Gasteiger partial charge on any atom is -0.406 e. The highest BCUT2D eigenvalue weighted by atomic mass is 19.4. The van der Waals surface area contributed by atoms with Gasteiger partial charge in [-0.1, -0.05) is 5.16 Å². The van der Waals surface area contributed by atoms with Gasteiger partial charge in [-0.2, -0.15) is 10.1 Å². The molecule has 12 heteroatoms. The number of benzene rings is 1. The summed E-state index contributed by atoms with van der Waals surface area (Å²) in [6.45, 7) is 5.19. The molecule has 0 spiro atoms. The van der Waals surface area contributed by atoms with Crippen molar-refractivity contribution in [2.24, 2.45) is 5.92 Å². The Bertz CT molecular complexity index is 1360. The highest BCUT2D eigenvalue weighted by Crippen LogP contribution is 2.27. The molecule has 5 rings (SSSR count). The van der Waals surface area contributed by atoms with Crippen molar-refractivity contribution in [3.05, 3.63) is 59.9 Å². The number of hydrogen-bond acceptors (Lipinski definition) is 8. The maximum atomic E-state index is 12.4. The monoisotopic (exact) mass is 528 g/mol. The van der Waals surface area contributed by atoms with Crippen LogP contribution >= 0.6 is 0 Å². The summed E-state index contributed by atoms with van der Waals surface area (Å²) in [6, 6.07) is 11.2. The Kier molecular flexibility index (Phi) is 7.32. The molecule has 0 atom stereocenters. The quantitative estimate of drug-likeness (QED) is 0.312. The molecule has 9 nitrogen and oxygen atoms in total. The standard InChI is InChI=1S/C26H27F3N6O3/c1-17-13-22(25-31-24(33-38-25)20-3-5-21(6-4-20)37-26(27,28)29)32-35(17)15-19-7-10-30-23(14-19)34-11-8-18(9-12-34)16-36-2/h3-7,10,13-14,18H,8-9,11-12,15-16H2,1-2H3. The number of hydrogen-bond donors (Lipinski definition) is 0. The summed E-state index contributed by atoms with van der Waals surface area (Å²) in [5.41, 5.74) is 2.97. The summed E-state index contributed by atoms with van der Waals surface area (Å²) in [5, 5.41) is 8.59. The van der Waals surface area contributed by atoms with Crippen LogP contribution in [-0.2, 0) is 11.3 Å². The number of halogens is 3. The summed E-state index contributed by atoms with van der Waals surface area (Å²) >= 11 is 0. The molecule has 200 valence electrons. The first-order chi connectivity index (χ1) is 18.3. The Labute approximate surface area is 217 Å². The molecule has 1 aliphatic rings. The highest BCUT2D eigenvalue weighted by molar-refractivity contribution is 5.59. The molecular formula is C26H27F3N6O3. The third-order valence-electron chi connectivity index (χ3n) is 6.46. The lowest BCUT2D eigenvalue weighted by atomic mass is 9.98. The second kappa shape index (κ2) is 10.8. The zero-order valence-electron chi connectivity index (χ0n) is 21.0. The fourth-order valence-electron chi connectivity index (χ4n) is 4.49. The number of ether oxygens (including phenoxy) is 2. The van der Waals surface area contributed by atoms with Gasteiger partial charge in [0.05, 0.1) is 6.54 Å². The van der Waals surface area contributed by atoms with Crippen LogP contribution in [0.25, 0.3) is 23.0 Å². The molecule has 0 saturated carbocycles. The van der Waals surface area contributed by atoms with Crippen LogP contribution in [0.15, 0.2) is 53.2 Å². The van der Waals surface area contributed by atoms with Gasteiger partial charge in [-0.15, -0.1) is 13.2 Å². The van der Waals surface area contributed by atoms with E-state index in [0.29, 0.717) is 23.7 Å². The van der Waals surface area contributed by atoms with E-state index in [0.717, 1.165) is 49.6 Å². The number of rotatable bonds is 8. The number of aromatic nitrogens is 5. The Morgan fingerprint density at radius 1 is 1.08 bits per heavy atom. The Morgan fingerprint density at radius 3 is 2.55 bits per heavy atom. The Balaban J connectivity index is 1.26. The number of nitrogens with zero attached hydrogens (tertiary/aromatic N) is 6. The van der Waals surface area contributed by atoms with Crippen molar-refractivity contribution in [3.8, 4) is 28.7 Å². The number of anilines is 1. The molecule has 1 aromatic carbocycles. The third kappa shape index (κ3) is 6.13. The van der Waals surface area contributed by atoms with E-state index in [9.17, 15) is 13.2 Å². The van der Waals surface area contributed by atoms with Crippen molar-refractivity contribution in [2.45, 2.75) is 32.7 Å². The number of piperidine rings is 1. The number of alkyl halides is 3. The molecule has 0 unspecified atom stereocenters. The van der Waals surface area contributed by atoms with Crippen LogP contribution in [0.2, 0.25) is 0 Å². The Morgan fingerprint density at radius 2 is 1.84 bits per heavy atom. The molecule has 4 heterocycles. The van der Waals surface area contributed by atoms with Crippen molar-refractivity contribution in [3.63, 3.8) is 0 Å². The lowest BCUT2D eigenvalue weighted by Gasteiger charge is -2.32. The first-order valence-corrected chi connectivity index (χ1v) is 12.2. The molecule has 0 aliphatic carbocycles. The normalized spacial score (nSPS) is 14.7. The van der Waals surface area contributed by atoms with E-state index in [2.05, 4.69) is 35.9 Å². The zero-order valence-corrected chi connectivity index (χ0v) is 21.0. The second-order valence-corrected chi connectivity index (χ2v) is 9.23. The molecule has 0 bridgehead atoms. The topological polar surface area (TPSA) is 91.3 Å². The van der Waals surface area contributed by atoms with Crippen LogP contribution in [-0.4, -0.2) is 58.1 Å². The summed E-state index contributed by atoms with van der Waals surface area (Å²) < 4.78 is 53.6. The molecule has 1 saturated heterocycles. The van der Waals surface area contributed by atoms with Gasteiger partial charge < -0.3 is 18.9 Å². The van der Waals surface area contributed by atoms with Gasteiger partial charge in [0, 0.05) is 44.3 Å². The van der Waals surface area contributed by atoms with E-state index in [1.165, 1.54) is 24.3 Å². The lowest BCUT2D eigenvalue weighted by molar-refractivity contribution is -0.274. The third-order valence-corrected chi connectivity index (χ3v) is 6.46. The maximum Gasteiger partial charge on any atom is 0.573 e. The predicted molar refractivity (Wildman–Crippen MR) is 133 cm³/mol. The molecule has 1 aliphatic heterocycles. The van der Waals surface area contributed by atoms with Crippen LogP contribution < -0.4 is 9.64 Å². The average molecular weight is 529 g/mol. The summed E-state index contributed by atoms with van der Waals surface area (Å²) in [7, 11) is 1.75. The molecule has 1 fully saturated rings. The smallest absolute Gasteiger partial charge is 0.406 e. The van der Waals surface area contributed by atoms with Crippen LogP contribution in [0.5, 0.6) is 5.75 Å². The summed E-state index contributed by atoms with van der Waals surface area (Å²) in [5.74, 6) is 1.67. The minimum absolute atomic E-state index is 0.215. The molecule has 0 radical (unpaired) electrons. The van der Waals surface area contributed by atoms with Crippen LogP contribution in [0.1, 0.15) is 24.1 Å². The van der Waals surface area contributed by atoms with Crippen LogP contribution in [0, 0.1) is 12.8 Å². The van der Waals surface area contributed by atoms with Gasteiger partial charge in [-0.05, 0) is 73.7 Å².